The van der Waals surface area contributed by atoms with Gasteiger partial charge in [-0.3, -0.25) is 9.59 Å². The van der Waals surface area contributed by atoms with E-state index in [1.165, 1.54) is 0 Å². The van der Waals surface area contributed by atoms with Crippen LogP contribution in [0.2, 0.25) is 0 Å². The van der Waals surface area contributed by atoms with Gasteiger partial charge >= 0.3 is 5.97 Å². The second-order valence-electron chi connectivity index (χ2n) is 3.92. The highest BCUT2D eigenvalue weighted by Gasteiger charge is 2.19. The summed E-state index contributed by atoms with van der Waals surface area (Å²) in [7, 11) is 0. The minimum Gasteiger partial charge on any atom is -0.480 e. The maximum atomic E-state index is 11.2. The summed E-state index contributed by atoms with van der Waals surface area (Å²) in [4.78, 5) is 22.1. The van der Waals surface area contributed by atoms with Gasteiger partial charge in [0.2, 0.25) is 5.91 Å². The molecular formula is C11H22N2O3. The van der Waals surface area contributed by atoms with Gasteiger partial charge in [0.05, 0.1) is 0 Å². The third-order valence-electron chi connectivity index (χ3n) is 2.38. The van der Waals surface area contributed by atoms with Crippen molar-refractivity contribution in [2.75, 3.05) is 6.54 Å². The van der Waals surface area contributed by atoms with Gasteiger partial charge in [0.25, 0.3) is 0 Å². The minimum absolute atomic E-state index is 0.0975. The molecule has 0 aromatic heterocycles. The fourth-order valence-corrected chi connectivity index (χ4v) is 1.21. The van der Waals surface area contributed by atoms with E-state index in [0.717, 1.165) is 12.8 Å². The summed E-state index contributed by atoms with van der Waals surface area (Å²) < 4.78 is 0. The zero-order valence-electron chi connectivity index (χ0n) is 10.2. The summed E-state index contributed by atoms with van der Waals surface area (Å²) in [5.74, 6) is -1.03. The van der Waals surface area contributed by atoms with Crippen molar-refractivity contribution in [2.45, 2.75) is 52.1 Å². The molecule has 0 aromatic rings. The number of carbonyl (C=O) groups excluding carboxylic acids is 1. The van der Waals surface area contributed by atoms with Gasteiger partial charge in [-0.15, -0.1) is 0 Å². The molecule has 94 valence electrons. The molecule has 0 saturated carbocycles. The van der Waals surface area contributed by atoms with Gasteiger partial charge in [0.15, 0.2) is 0 Å². The third kappa shape index (κ3) is 6.40. The number of nitrogens with one attached hydrogen (secondary N) is 2. The average Bonchev–Trinajstić information content (AvgIpc) is 2.23. The fourth-order valence-electron chi connectivity index (χ4n) is 1.21. The van der Waals surface area contributed by atoms with E-state index in [-0.39, 0.29) is 18.5 Å². The Bertz CT molecular complexity index is 231. The first-order valence-corrected chi connectivity index (χ1v) is 5.76. The van der Waals surface area contributed by atoms with Crippen molar-refractivity contribution in [1.29, 1.82) is 0 Å². The van der Waals surface area contributed by atoms with Crippen LogP contribution in [0.15, 0.2) is 0 Å². The molecule has 16 heavy (non-hydrogen) atoms. The van der Waals surface area contributed by atoms with E-state index in [1.807, 2.05) is 20.8 Å². The smallest absolute Gasteiger partial charge is 0.322 e. The molecule has 0 radical (unpaired) electrons. The highest BCUT2D eigenvalue weighted by Crippen LogP contribution is 1.93. The summed E-state index contributed by atoms with van der Waals surface area (Å²) in [6, 6.07) is -0.583. The van der Waals surface area contributed by atoms with E-state index in [9.17, 15) is 9.59 Å². The Kier molecular flexibility index (Phi) is 7.54. The first kappa shape index (κ1) is 14.9. The molecule has 1 amide bonds. The van der Waals surface area contributed by atoms with E-state index < -0.39 is 12.0 Å². The third-order valence-corrected chi connectivity index (χ3v) is 2.38. The zero-order valence-corrected chi connectivity index (χ0v) is 10.2. The predicted molar refractivity (Wildman–Crippen MR) is 62.2 cm³/mol. The van der Waals surface area contributed by atoms with Gasteiger partial charge in [0, 0.05) is 19.0 Å². The van der Waals surface area contributed by atoms with Crippen molar-refractivity contribution in [3.05, 3.63) is 0 Å². The van der Waals surface area contributed by atoms with Crippen molar-refractivity contribution in [1.82, 2.24) is 10.6 Å². The molecule has 0 saturated heterocycles. The molecule has 3 N–H and O–H groups in total. The van der Waals surface area contributed by atoms with Crippen molar-refractivity contribution >= 4 is 11.9 Å². The second-order valence-corrected chi connectivity index (χ2v) is 3.92. The Labute approximate surface area is 96.6 Å². The van der Waals surface area contributed by atoms with Crippen molar-refractivity contribution < 1.29 is 14.7 Å². The summed E-state index contributed by atoms with van der Waals surface area (Å²) in [5, 5.41) is 14.5. The molecule has 0 fully saturated rings. The molecular weight excluding hydrogens is 208 g/mol. The molecule has 0 rings (SSSR count). The molecule has 5 nitrogen and oxygen atoms in total. The van der Waals surface area contributed by atoms with Crippen LogP contribution >= 0.6 is 0 Å². The van der Waals surface area contributed by atoms with Gasteiger partial charge < -0.3 is 15.7 Å². The molecule has 0 spiro atoms. The van der Waals surface area contributed by atoms with Gasteiger partial charge in [-0.2, -0.15) is 0 Å². The van der Waals surface area contributed by atoms with E-state index in [4.69, 9.17) is 5.11 Å². The molecule has 0 heterocycles. The van der Waals surface area contributed by atoms with Crippen molar-refractivity contribution in [3.63, 3.8) is 0 Å². The highest BCUT2D eigenvalue weighted by atomic mass is 16.4. The minimum atomic E-state index is -0.933. The van der Waals surface area contributed by atoms with Crippen molar-refractivity contribution in [3.8, 4) is 0 Å². The molecule has 5 heteroatoms. The molecule has 0 aliphatic heterocycles. The predicted octanol–water partition coefficient (Wildman–Crippen LogP) is 0.744. The lowest BCUT2D eigenvalue weighted by atomic mass is 10.2. The molecule has 2 atom stereocenters. The van der Waals surface area contributed by atoms with Gasteiger partial charge in [-0.1, -0.05) is 13.8 Å². The molecule has 0 aromatic carbocycles. The average molecular weight is 230 g/mol. The van der Waals surface area contributed by atoms with Gasteiger partial charge in [-0.05, 0) is 19.8 Å². The summed E-state index contributed by atoms with van der Waals surface area (Å²) >= 11 is 0. The van der Waals surface area contributed by atoms with Crippen LogP contribution in [0.5, 0.6) is 0 Å². The quantitative estimate of drug-likeness (QED) is 0.575. The maximum absolute atomic E-state index is 11.2. The van der Waals surface area contributed by atoms with E-state index >= 15 is 0 Å². The number of carbonyl (C=O) groups is 2. The van der Waals surface area contributed by atoms with Crippen molar-refractivity contribution in [2.24, 2.45) is 0 Å². The summed E-state index contributed by atoms with van der Waals surface area (Å²) in [6.07, 6.45) is 2.06. The number of amides is 1. The van der Waals surface area contributed by atoms with E-state index in [0.29, 0.717) is 6.42 Å². The lowest BCUT2D eigenvalue weighted by molar-refractivity contribution is -0.139. The zero-order chi connectivity index (χ0) is 12.6. The van der Waals surface area contributed by atoms with Gasteiger partial charge in [-0.25, -0.2) is 0 Å². The Morgan fingerprint density at radius 1 is 1.31 bits per heavy atom. The Balaban J connectivity index is 4.04. The molecule has 0 aliphatic rings. The number of hydrogen-bond donors (Lipinski definition) is 3. The molecule has 2 unspecified atom stereocenters. The monoisotopic (exact) mass is 230 g/mol. The maximum Gasteiger partial charge on any atom is 0.322 e. The number of rotatable bonds is 8. The van der Waals surface area contributed by atoms with E-state index in [1.54, 1.807) is 0 Å². The number of carboxylic acids is 1. The summed E-state index contributed by atoms with van der Waals surface area (Å²) in [5.41, 5.74) is 0. The van der Waals surface area contributed by atoms with Crippen LogP contribution in [0.3, 0.4) is 0 Å². The van der Waals surface area contributed by atoms with Crippen LogP contribution in [0.25, 0.3) is 0 Å². The molecule has 0 aliphatic carbocycles. The largest absolute Gasteiger partial charge is 0.480 e. The SMILES string of the molecule is CCCC(=O)NCC(NC(C)CC)C(=O)O. The van der Waals surface area contributed by atoms with Crippen LogP contribution in [0.1, 0.15) is 40.0 Å². The van der Waals surface area contributed by atoms with Crippen LogP contribution in [0, 0.1) is 0 Å². The number of hydrogen-bond acceptors (Lipinski definition) is 3. The van der Waals surface area contributed by atoms with Crippen LogP contribution in [-0.2, 0) is 9.59 Å². The Hall–Kier alpha value is -1.10. The Morgan fingerprint density at radius 2 is 1.94 bits per heavy atom. The second kappa shape index (κ2) is 8.10. The standard InChI is InChI=1S/C11H22N2O3/c1-4-6-10(14)12-7-9(11(15)16)13-8(3)5-2/h8-9,13H,4-7H2,1-3H3,(H,12,14)(H,15,16). The van der Waals surface area contributed by atoms with E-state index in [2.05, 4.69) is 10.6 Å². The fraction of sp³-hybridized carbons (Fsp3) is 0.818. The number of aliphatic carboxylic acids is 1. The highest BCUT2D eigenvalue weighted by molar-refractivity contribution is 5.78. The Morgan fingerprint density at radius 3 is 2.38 bits per heavy atom. The first-order chi connectivity index (χ1) is 7.51. The topological polar surface area (TPSA) is 78.4 Å². The van der Waals surface area contributed by atoms with Gasteiger partial charge in [0.1, 0.15) is 6.04 Å². The van der Waals surface area contributed by atoms with Crippen LogP contribution in [0.4, 0.5) is 0 Å². The van der Waals surface area contributed by atoms with Crippen LogP contribution < -0.4 is 10.6 Å². The normalized spacial score (nSPS) is 14.2. The number of carboxylic acid groups (broad SMARTS) is 1. The van der Waals surface area contributed by atoms with Crippen LogP contribution in [-0.4, -0.2) is 35.6 Å². The lowest BCUT2D eigenvalue weighted by Gasteiger charge is -2.19. The molecule has 0 bridgehead atoms. The lowest BCUT2D eigenvalue weighted by Crippen LogP contribution is -2.49. The first-order valence-electron chi connectivity index (χ1n) is 5.76. The summed E-state index contributed by atoms with van der Waals surface area (Å²) in [6.45, 7) is 5.94.